The van der Waals surface area contributed by atoms with E-state index in [1.807, 2.05) is 0 Å². The van der Waals surface area contributed by atoms with Gasteiger partial charge in [-0.1, -0.05) is 12.1 Å². The van der Waals surface area contributed by atoms with Gasteiger partial charge in [-0.15, -0.1) is 0 Å². The maximum Gasteiger partial charge on any atom is 0.220 e. The van der Waals surface area contributed by atoms with Gasteiger partial charge in [0.05, 0.1) is 11.7 Å². The quantitative estimate of drug-likeness (QED) is 0.925. The first kappa shape index (κ1) is 14.4. The molecule has 1 amide bonds. The molecule has 114 valence electrons. The molecule has 1 aromatic carbocycles. The van der Waals surface area contributed by atoms with Gasteiger partial charge in [0.2, 0.25) is 11.9 Å². The fourth-order valence-electron chi connectivity index (χ4n) is 2.94. The summed E-state index contributed by atoms with van der Waals surface area (Å²) in [6.45, 7) is 2.27. The van der Waals surface area contributed by atoms with Crippen LogP contribution in [0.25, 0.3) is 11.1 Å². The van der Waals surface area contributed by atoms with E-state index < -0.39 is 0 Å². The largest absolute Gasteiger partial charge is 0.368 e. The Hall–Kier alpha value is -2.50. The number of hydrogen-bond donors (Lipinski definition) is 1. The van der Waals surface area contributed by atoms with E-state index in [1.165, 1.54) is 12.1 Å². The number of carbonyl (C=O) groups is 1. The van der Waals surface area contributed by atoms with Crippen molar-refractivity contribution >= 4 is 11.9 Å². The lowest BCUT2D eigenvalue weighted by Crippen LogP contribution is -2.29. The lowest BCUT2D eigenvalue weighted by molar-refractivity contribution is -0.129. The van der Waals surface area contributed by atoms with Gasteiger partial charge >= 0.3 is 0 Å². The molecule has 0 spiro atoms. The Morgan fingerprint density at radius 1 is 1.36 bits per heavy atom. The highest BCUT2D eigenvalue weighted by atomic mass is 19.1. The van der Waals surface area contributed by atoms with E-state index in [2.05, 4.69) is 9.97 Å². The van der Waals surface area contributed by atoms with E-state index in [0.29, 0.717) is 6.54 Å². The predicted octanol–water partition coefficient (Wildman–Crippen LogP) is 2.55. The first-order chi connectivity index (χ1) is 10.6. The van der Waals surface area contributed by atoms with Crippen molar-refractivity contribution < 1.29 is 9.18 Å². The van der Waals surface area contributed by atoms with Crippen LogP contribution in [-0.4, -0.2) is 27.3 Å². The van der Waals surface area contributed by atoms with Gasteiger partial charge in [-0.05, 0) is 30.5 Å². The van der Waals surface area contributed by atoms with Crippen molar-refractivity contribution in [2.24, 2.45) is 0 Å². The van der Waals surface area contributed by atoms with Crippen molar-refractivity contribution in [1.29, 1.82) is 0 Å². The van der Waals surface area contributed by atoms with Gasteiger partial charge in [-0.3, -0.25) is 4.79 Å². The van der Waals surface area contributed by atoms with Crippen LogP contribution in [-0.2, 0) is 4.79 Å². The molecule has 22 heavy (non-hydrogen) atoms. The number of likely N-dealkylation sites (tertiary alicyclic amines) is 1. The Labute approximate surface area is 128 Å². The SMILES string of the molecule is CC(=O)N1CCCC1c1nc(N)ncc1-c1ccc(F)cc1. The molecule has 2 N–H and O–H groups in total. The number of carbonyl (C=O) groups excluding carboxylic acids is 1. The molecule has 3 rings (SSSR count). The fourth-order valence-corrected chi connectivity index (χ4v) is 2.94. The van der Waals surface area contributed by atoms with Gasteiger partial charge < -0.3 is 10.6 Å². The zero-order chi connectivity index (χ0) is 15.7. The van der Waals surface area contributed by atoms with E-state index in [9.17, 15) is 9.18 Å². The molecule has 2 aromatic rings. The molecule has 0 saturated carbocycles. The second-order valence-corrected chi connectivity index (χ2v) is 5.40. The van der Waals surface area contributed by atoms with Crippen molar-refractivity contribution in [3.63, 3.8) is 0 Å². The molecule has 0 radical (unpaired) electrons. The molecule has 0 bridgehead atoms. The van der Waals surface area contributed by atoms with Crippen LogP contribution in [0.5, 0.6) is 0 Å². The Kier molecular flexibility index (Phi) is 3.75. The van der Waals surface area contributed by atoms with E-state index in [1.54, 1.807) is 30.2 Å². The monoisotopic (exact) mass is 300 g/mol. The lowest BCUT2D eigenvalue weighted by atomic mass is 10.00. The zero-order valence-electron chi connectivity index (χ0n) is 12.3. The molecule has 1 aromatic heterocycles. The molecule has 6 heteroatoms. The minimum Gasteiger partial charge on any atom is -0.368 e. The Morgan fingerprint density at radius 2 is 2.09 bits per heavy atom. The van der Waals surface area contributed by atoms with Crippen LogP contribution in [0.1, 0.15) is 31.5 Å². The lowest BCUT2D eigenvalue weighted by Gasteiger charge is -2.24. The summed E-state index contributed by atoms with van der Waals surface area (Å²) in [5.74, 6) is -0.103. The summed E-state index contributed by atoms with van der Waals surface area (Å²) in [5.41, 5.74) is 8.06. The third kappa shape index (κ3) is 2.64. The standard InChI is InChI=1S/C16H17FN4O/c1-10(22)21-8-2-3-14(21)15-13(9-19-16(18)20-15)11-4-6-12(17)7-5-11/h4-7,9,14H,2-3,8H2,1H3,(H2,18,19,20). The normalized spacial score (nSPS) is 17.7. The van der Waals surface area contributed by atoms with Gasteiger partial charge in [0.1, 0.15) is 5.82 Å². The Balaban J connectivity index is 2.08. The van der Waals surface area contributed by atoms with Gasteiger partial charge in [-0.25, -0.2) is 14.4 Å². The van der Waals surface area contributed by atoms with E-state index in [-0.39, 0.29) is 23.7 Å². The second-order valence-electron chi connectivity index (χ2n) is 5.40. The molecule has 1 aliphatic heterocycles. The maximum atomic E-state index is 13.1. The zero-order valence-corrected chi connectivity index (χ0v) is 12.3. The summed E-state index contributed by atoms with van der Waals surface area (Å²) in [7, 11) is 0. The number of nitrogens with two attached hydrogens (primary N) is 1. The molecule has 1 atom stereocenters. The van der Waals surface area contributed by atoms with Crippen molar-refractivity contribution in [3.05, 3.63) is 42.0 Å². The summed E-state index contributed by atoms with van der Waals surface area (Å²) in [6.07, 6.45) is 3.41. The number of aromatic nitrogens is 2. The number of benzene rings is 1. The average Bonchev–Trinajstić information content (AvgIpc) is 2.98. The summed E-state index contributed by atoms with van der Waals surface area (Å²) in [4.78, 5) is 22.0. The molecular formula is C16H17FN4O. The highest BCUT2D eigenvalue weighted by Gasteiger charge is 2.31. The smallest absolute Gasteiger partial charge is 0.220 e. The summed E-state index contributed by atoms with van der Waals surface area (Å²) in [6, 6.07) is 6.05. The van der Waals surface area contributed by atoms with Crippen molar-refractivity contribution in [2.75, 3.05) is 12.3 Å². The molecule has 1 unspecified atom stereocenters. The third-order valence-corrected chi connectivity index (χ3v) is 3.97. The first-order valence-corrected chi connectivity index (χ1v) is 7.22. The van der Waals surface area contributed by atoms with Gasteiger partial charge in [0, 0.05) is 25.2 Å². The van der Waals surface area contributed by atoms with Crippen molar-refractivity contribution in [3.8, 4) is 11.1 Å². The van der Waals surface area contributed by atoms with Crippen molar-refractivity contribution in [2.45, 2.75) is 25.8 Å². The van der Waals surface area contributed by atoms with E-state index in [4.69, 9.17) is 5.73 Å². The maximum absolute atomic E-state index is 13.1. The Bertz CT molecular complexity index is 702. The number of nitrogens with zero attached hydrogens (tertiary/aromatic N) is 3. The van der Waals surface area contributed by atoms with Gasteiger partial charge in [-0.2, -0.15) is 0 Å². The highest BCUT2D eigenvalue weighted by molar-refractivity contribution is 5.75. The molecule has 1 fully saturated rings. The number of hydrogen-bond acceptors (Lipinski definition) is 4. The van der Waals surface area contributed by atoms with Crippen LogP contribution in [0.2, 0.25) is 0 Å². The van der Waals surface area contributed by atoms with Gasteiger partial charge in [0.25, 0.3) is 0 Å². The summed E-state index contributed by atoms with van der Waals surface area (Å²) in [5, 5.41) is 0. The molecule has 0 aliphatic carbocycles. The minimum atomic E-state index is -0.298. The minimum absolute atomic E-state index is 0.0183. The molecule has 2 heterocycles. The molecule has 5 nitrogen and oxygen atoms in total. The highest BCUT2D eigenvalue weighted by Crippen LogP contribution is 2.36. The number of rotatable bonds is 2. The molecule has 1 saturated heterocycles. The van der Waals surface area contributed by atoms with E-state index in [0.717, 1.165) is 29.7 Å². The van der Waals surface area contributed by atoms with Crippen LogP contribution in [0.3, 0.4) is 0 Å². The topological polar surface area (TPSA) is 72.1 Å². The van der Waals surface area contributed by atoms with Crippen LogP contribution in [0.4, 0.5) is 10.3 Å². The average molecular weight is 300 g/mol. The fraction of sp³-hybridized carbons (Fsp3) is 0.312. The predicted molar refractivity (Wildman–Crippen MR) is 81.2 cm³/mol. The first-order valence-electron chi connectivity index (χ1n) is 7.22. The molecule has 1 aliphatic rings. The summed E-state index contributed by atoms with van der Waals surface area (Å²) >= 11 is 0. The number of anilines is 1. The van der Waals surface area contributed by atoms with Crippen LogP contribution in [0.15, 0.2) is 30.5 Å². The number of halogens is 1. The van der Waals surface area contributed by atoms with Crippen molar-refractivity contribution in [1.82, 2.24) is 14.9 Å². The third-order valence-electron chi connectivity index (χ3n) is 3.97. The molecular weight excluding hydrogens is 283 g/mol. The van der Waals surface area contributed by atoms with Crippen LogP contribution in [0, 0.1) is 5.82 Å². The van der Waals surface area contributed by atoms with Gasteiger partial charge in [0.15, 0.2) is 0 Å². The Morgan fingerprint density at radius 3 is 2.77 bits per heavy atom. The second kappa shape index (κ2) is 5.71. The summed E-state index contributed by atoms with van der Waals surface area (Å²) < 4.78 is 13.1. The number of amides is 1. The van der Waals surface area contributed by atoms with Crippen LogP contribution >= 0.6 is 0 Å². The number of nitrogen functional groups attached to an aromatic ring is 1. The van der Waals surface area contributed by atoms with Crippen LogP contribution < -0.4 is 5.73 Å². The van der Waals surface area contributed by atoms with E-state index >= 15 is 0 Å².